The van der Waals surface area contributed by atoms with Crippen LogP contribution in [0.25, 0.3) is 0 Å². The minimum atomic E-state index is 0.0463. The molecule has 0 bridgehead atoms. The van der Waals surface area contributed by atoms with Gasteiger partial charge in [-0.3, -0.25) is 9.69 Å². The third-order valence-corrected chi connectivity index (χ3v) is 4.35. The molecule has 6 heteroatoms. The maximum absolute atomic E-state index is 12.5. The number of hydrogen-bond acceptors (Lipinski definition) is 5. The molecule has 0 unspecified atom stereocenters. The van der Waals surface area contributed by atoms with Crippen molar-refractivity contribution in [3.63, 3.8) is 0 Å². The second-order valence-electron chi connectivity index (χ2n) is 6.44. The zero-order valence-electron chi connectivity index (χ0n) is 13.0. The molecule has 0 radical (unpaired) electrons. The highest BCUT2D eigenvalue weighted by molar-refractivity contribution is 5.36. The minimum Gasteiger partial charge on any atom is -0.349 e. The van der Waals surface area contributed by atoms with Crippen molar-refractivity contribution in [3.8, 4) is 0 Å². The van der Waals surface area contributed by atoms with Crippen LogP contribution >= 0.6 is 0 Å². The van der Waals surface area contributed by atoms with Gasteiger partial charge in [-0.05, 0) is 5.92 Å². The highest BCUT2D eigenvalue weighted by atomic mass is 16.1. The summed E-state index contributed by atoms with van der Waals surface area (Å²) in [6.45, 7) is 11.0. The number of hydrogen-bond donors (Lipinski definition) is 1. The van der Waals surface area contributed by atoms with Gasteiger partial charge in [-0.1, -0.05) is 13.8 Å². The first-order valence-corrected chi connectivity index (χ1v) is 7.90. The number of nitrogens with one attached hydrogen (secondary N) is 1. The summed E-state index contributed by atoms with van der Waals surface area (Å²) in [6.07, 6.45) is 3.55. The normalized spacial score (nSPS) is 20.8. The quantitative estimate of drug-likeness (QED) is 0.846. The Morgan fingerprint density at radius 2 is 2.00 bits per heavy atom. The third-order valence-electron chi connectivity index (χ3n) is 4.35. The first kappa shape index (κ1) is 14.5. The molecule has 1 N–H and O–H groups in total. The predicted molar refractivity (Wildman–Crippen MR) is 83.8 cm³/mol. The Morgan fingerprint density at radius 3 is 2.57 bits per heavy atom. The first-order valence-electron chi connectivity index (χ1n) is 7.90. The molecule has 0 aromatic carbocycles. The van der Waals surface area contributed by atoms with Crippen LogP contribution in [0.15, 0.2) is 17.2 Å². The van der Waals surface area contributed by atoms with Crippen molar-refractivity contribution in [1.82, 2.24) is 19.8 Å². The molecule has 2 saturated heterocycles. The molecule has 0 atom stereocenters. The van der Waals surface area contributed by atoms with Gasteiger partial charge in [-0.25, -0.2) is 4.98 Å². The van der Waals surface area contributed by atoms with Crippen molar-refractivity contribution < 1.29 is 0 Å². The summed E-state index contributed by atoms with van der Waals surface area (Å²) in [4.78, 5) is 21.5. The molecule has 2 aliphatic rings. The van der Waals surface area contributed by atoms with Crippen LogP contribution in [0.2, 0.25) is 0 Å². The van der Waals surface area contributed by atoms with Crippen LogP contribution in [0.5, 0.6) is 0 Å². The number of rotatable bonds is 4. The van der Waals surface area contributed by atoms with Crippen molar-refractivity contribution in [2.75, 3.05) is 44.2 Å². The maximum atomic E-state index is 12.5. The molecular weight excluding hydrogens is 266 g/mol. The summed E-state index contributed by atoms with van der Waals surface area (Å²) in [7, 11) is 0. The van der Waals surface area contributed by atoms with E-state index in [9.17, 15) is 4.79 Å². The standard InChI is InChI=1S/C15H25N5O/c1-12(2)11-20-4-3-17-14(15(20)21)19-7-5-18(6-8-19)13-9-16-10-13/h3-4,12-13,16H,5-11H2,1-2H3. The lowest BCUT2D eigenvalue weighted by atomic mass is 10.1. The number of aromatic nitrogens is 2. The Balaban J connectivity index is 1.68. The van der Waals surface area contributed by atoms with Crippen LogP contribution in [0.3, 0.4) is 0 Å². The summed E-state index contributed by atoms with van der Waals surface area (Å²) >= 11 is 0. The third kappa shape index (κ3) is 3.11. The van der Waals surface area contributed by atoms with E-state index >= 15 is 0 Å². The van der Waals surface area contributed by atoms with E-state index in [-0.39, 0.29) is 5.56 Å². The molecule has 0 aliphatic carbocycles. The Bertz CT molecular complexity index is 529. The van der Waals surface area contributed by atoms with Crippen molar-refractivity contribution in [3.05, 3.63) is 22.7 Å². The van der Waals surface area contributed by atoms with Gasteiger partial charge in [0.05, 0.1) is 0 Å². The zero-order valence-corrected chi connectivity index (χ0v) is 13.0. The molecule has 116 valence electrons. The molecule has 1 aromatic heterocycles. The zero-order chi connectivity index (χ0) is 14.8. The summed E-state index contributed by atoms with van der Waals surface area (Å²) in [6, 6.07) is 0.688. The summed E-state index contributed by atoms with van der Waals surface area (Å²) in [5, 5.41) is 3.32. The van der Waals surface area contributed by atoms with Gasteiger partial charge in [-0.15, -0.1) is 0 Å². The van der Waals surface area contributed by atoms with Crippen molar-refractivity contribution in [2.45, 2.75) is 26.4 Å². The van der Waals surface area contributed by atoms with Gasteiger partial charge >= 0.3 is 0 Å². The van der Waals surface area contributed by atoms with Crippen LogP contribution in [0.1, 0.15) is 13.8 Å². The van der Waals surface area contributed by atoms with Gasteiger partial charge in [0, 0.05) is 64.2 Å². The molecule has 3 rings (SSSR count). The topological polar surface area (TPSA) is 53.4 Å². The fourth-order valence-corrected chi connectivity index (χ4v) is 3.02. The molecule has 1 aromatic rings. The smallest absolute Gasteiger partial charge is 0.293 e. The first-order chi connectivity index (χ1) is 10.1. The summed E-state index contributed by atoms with van der Waals surface area (Å²) in [5.41, 5.74) is 0.0463. The molecule has 21 heavy (non-hydrogen) atoms. The van der Waals surface area contributed by atoms with Crippen LogP contribution in [0.4, 0.5) is 5.82 Å². The molecule has 0 spiro atoms. The monoisotopic (exact) mass is 291 g/mol. The van der Waals surface area contributed by atoms with Crippen molar-refractivity contribution in [2.24, 2.45) is 5.92 Å². The van der Waals surface area contributed by atoms with Gasteiger partial charge in [-0.2, -0.15) is 0 Å². The van der Waals surface area contributed by atoms with Crippen LogP contribution < -0.4 is 15.8 Å². The SMILES string of the molecule is CC(C)Cn1ccnc(N2CCN(C3CNC3)CC2)c1=O. The second kappa shape index (κ2) is 6.15. The lowest BCUT2D eigenvalue weighted by molar-refractivity contribution is 0.137. The second-order valence-corrected chi connectivity index (χ2v) is 6.44. The van der Waals surface area contributed by atoms with E-state index in [2.05, 4.69) is 33.9 Å². The van der Waals surface area contributed by atoms with Crippen molar-refractivity contribution >= 4 is 5.82 Å². The van der Waals surface area contributed by atoms with E-state index in [0.717, 1.165) is 45.8 Å². The number of piperazine rings is 1. The molecule has 0 amide bonds. The summed E-state index contributed by atoms with van der Waals surface area (Å²) < 4.78 is 1.79. The van der Waals surface area contributed by atoms with E-state index in [1.165, 1.54) is 0 Å². The molecule has 3 heterocycles. The predicted octanol–water partition coefficient (Wildman–Crippen LogP) is -0.00690. The Hall–Kier alpha value is -1.40. The van der Waals surface area contributed by atoms with E-state index in [0.29, 0.717) is 17.8 Å². The number of nitrogens with zero attached hydrogens (tertiary/aromatic N) is 4. The van der Waals surface area contributed by atoms with E-state index in [1.807, 2.05) is 0 Å². The van der Waals surface area contributed by atoms with Gasteiger partial charge in [0.1, 0.15) is 0 Å². The lowest BCUT2D eigenvalue weighted by Crippen LogP contribution is -2.62. The molecule has 6 nitrogen and oxygen atoms in total. The van der Waals surface area contributed by atoms with Gasteiger partial charge < -0.3 is 14.8 Å². The lowest BCUT2D eigenvalue weighted by Gasteiger charge is -2.43. The fraction of sp³-hybridized carbons (Fsp3) is 0.733. The summed E-state index contributed by atoms with van der Waals surface area (Å²) in [5.74, 6) is 1.07. The van der Waals surface area contributed by atoms with Crippen LogP contribution in [-0.4, -0.2) is 59.8 Å². The highest BCUT2D eigenvalue weighted by Gasteiger charge is 2.28. The van der Waals surface area contributed by atoms with Gasteiger partial charge in [0.25, 0.3) is 5.56 Å². The fourth-order valence-electron chi connectivity index (χ4n) is 3.02. The van der Waals surface area contributed by atoms with E-state index in [4.69, 9.17) is 0 Å². The van der Waals surface area contributed by atoms with E-state index in [1.54, 1.807) is 17.0 Å². The molecular formula is C15H25N5O. The van der Waals surface area contributed by atoms with Crippen molar-refractivity contribution in [1.29, 1.82) is 0 Å². The van der Waals surface area contributed by atoms with E-state index < -0.39 is 0 Å². The Kier molecular flexibility index (Phi) is 4.26. The largest absolute Gasteiger partial charge is 0.349 e. The molecule has 0 saturated carbocycles. The van der Waals surface area contributed by atoms with Crippen LogP contribution in [-0.2, 0) is 6.54 Å². The maximum Gasteiger partial charge on any atom is 0.293 e. The van der Waals surface area contributed by atoms with Crippen LogP contribution in [0, 0.1) is 5.92 Å². The van der Waals surface area contributed by atoms with Gasteiger partial charge in [0.2, 0.25) is 0 Å². The Morgan fingerprint density at radius 1 is 1.29 bits per heavy atom. The minimum absolute atomic E-state index is 0.0463. The molecule has 2 aliphatic heterocycles. The highest BCUT2D eigenvalue weighted by Crippen LogP contribution is 2.13. The Labute approximate surface area is 125 Å². The average molecular weight is 291 g/mol. The van der Waals surface area contributed by atoms with Gasteiger partial charge in [0.15, 0.2) is 5.82 Å². The number of anilines is 1. The molecule has 2 fully saturated rings. The average Bonchev–Trinajstić information content (AvgIpc) is 2.40.